The van der Waals surface area contributed by atoms with Crippen LogP contribution in [0, 0.1) is 5.82 Å². The van der Waals surface area contributed by atoms with Gasteiger partial charge in [0.1, 0.15) is 5.82 Å². The first-order chi connectivity index (χ1) is 12.0. The van der Waals surface area contributed by atoms with Crippen molar-refractivity contribution in [3.05, 3.63) is 71.6 Å². The van der Waals surface area contributed by atoms with Crippen molar-refractivity contribution in [2.45, 2.75) is 19.8 Å². The van der Waals surface area contributed by atoms with E-state index in [0.717, 1.165) is 11.6 Å². The summed E-state index contributed by atoms with van der Waals surface area (Å²) in [5.41, 5.74) is 2.24. The van der Waals surface area contributed by atoms with Crippen molar-refractivity contribution in [3.63, 3.8) is 0 Å². The van der Waals surface area contributed by atoms with E-state index in [1.54, 1.807) is 18.2 Å². The fourth-order valence-electron chi connectivity index (χ4n) is 2.26. The number of carbonyl (C=O) groups excluding carboxylic acids is 2. The van der Waals surface area contributed by atoms with E-state index < -0.39 is 24.3 Å². The van der Waals surface area contributed by atoms with Crippen molar-refractivity contribution < 1.29 is 18.7 Å². The average molecular weight is 341 g/mol. The molecule has 0 aromatic heterocycles. The molecule has 2 aromatic rings. The molecule has 4 nitrogen and oxygen atoms in total. The molecule has 2 rings (SSSR count). The zero-order valence-corrected chi connectivity index (χ0v) is 14.2. The highest BCUT2D eigenvalue weighted by molar-refractivity contribution is 5.95. The summed E-state index contributed by atoms with van der Waals surface area (Å²) in [4.78, 5) is 23.6. The molecule has 0 atom stereocenters. The quantitative estimate of drug-likeness (QED) is 0.634. The van der Waals surface area contributed by atoms with Crippen LogP contribution in [-0.4, -0.2) is 18.5 Å². The van der Waals surface area contributed by atoms with Gasteiger partial charge in [0.05, 0.1) is 0 Å². The molecular weight excluding hydrogens is 321 g/mol. The van der Waals surface area contributed by atoms with E-state index >= 15 is 0 Å². The SMILES string of the molecule is CC(C)c1ccccc1NC(=O)COC(=O)/C=C/c1cccc(F)c1. The number of amides is 1. The molecule has 0 aliphatic rings. The van der Waals surface area contributed by atoms with Gasteiger partial charge in [0.2, 0.25) is 0 Å². The summed E-state index contributed by atoms with van der Waals surface area (Å²) < 4.78 is 17.9. The Morgan fingerprint density at radius 3 is 2.64 bits per heavy atom. The topological polar surface area (TPSA) is 55.4 Å². The summed E-state index contributed by atoms with van der Waals surface area (Å²) in [5.74, 6) is -1.22. The fourth-order valence-corrected chi connectivity index (χ4v) is 2.26. The fraction of sp³-hybridized carbons (Fsp3) is 0.200. The van der Waals surface area contributed by atoms with Crippen LogP contribution < -0.4 is 5.32 Å². The van der Waals surface area contributed by atoms with Gasteiger partial charge in [-0.15, -0.1) is 0 Å². The summed E-state index contributed by atoms with van der Waals surface area (Å²) in [5, 5.41) is 2.74. The lowest BCUT2D eigenvalue weighted by atomic mass is 10.0. The van der Waals surface area contributed by atoms with Crippen LogP contribution in [0.15, 0.2) is 54.6 Å². The molecule has 0 unspecified atom stereocenters. The summed E-state index contributed by atoms with van der Waals surface area (Å²) in [6.07, 6.45) is 2.58. The predicted octanol–water partition coefficient (Wildman–Crippen LogP) is 4.14. The van der Waals surface area contributed by atoms with Crippen LogP contribution in [0.2, 0.25) is 0 Å². The monoisotopic (exact) mass is 341 g/mol. The second kappa shape index (κ2) is 8.78. The maximum absolute atomic E-state index is 13.0. The Bertz CT molecular complexity index is 784. The molecule has 1 amide bonds. The smallest absolute Gasteiger partial charge is 0.331 e. The number of halogens is 1. The van der Waals surface area contributed by atoms with E-state index in [4.69, 9.17) is 4.74 Å². The third kappa shape index (κ3) is 5.88. The number of benzene rings is 2. The molecule has 0 radical (unpaired) electrons. The van der Waals surface area contributed by atoms with Gasteiger partial charge >= 0.3 is 5.97 Å². The van der Waals surface area contributed by atoms with Crippen LogP contribution in [0.25, 0.3) is 6.08 Å². The highest BCUT2D eigenvalue weighted by Gasteiger charge is 2.10. The molecule has 0 bridgehead atoms. The van der Waals surface area contributed by atoms with E-state index in [1.807, 2.05) is 32.0 Å². The minimum atomic E-state index is -0.670. The molecule has 0 saturated carbocycles. The number of carbonyl (C=O) groups is 2. The number of nitrogens with one attached hydrogen (secondary N) is 1. The van der Waals surface area contributed by atoms with E-state index in [0.29, 0.717) is 11.3 Å². The maximum Gasteiger partial charge on any atom is 0.331 e. The van der Waals surface area contributed by atoms with Gasteiger partial charge in [-0.25, -0.2) is 9.18 Å². The Kier molecular flexibility index (Phi) is 6.46. The van der Waals surface area contributed by atoms with Crippen molar-refractivity contribution in [2.24, 2.45) is 0 Å². The molecule has 2 aromatic carbocycles. The first kappa shape index (κ1) is 18.4. The lowest BCUT2D eigenvalue weighted by molar-refractivity contribution is -0.142. The first-order valence-electron chi connectivity index (χ1n) is 7.95. The van der Waals surface area contributed by atoms with Gasteiger partial charge in [-0.3, -0.25) is 4.79 Å². The highest BCUT2D eigenvalue weighted by Crippen LogP contribution is 2.23. The second-order valence-corrected chi connectivity index (χ2v) is 5.79. The van der Waals surface area contributed by atoms with Gasteiger partial charge in [-0.1, -0.05) is 44.2 Å². The van der Waals surface area contributed by atoms with Crippen LogP contribution in [0.1, 0.15) is 30.9 Å². The molecule has 0 saturated heterocycles. The van der Waals surface area contributed by atoms with E-state index in [9.17, 15) is 14.0 Å². The van der Waals surface area contributed by atoms with E-state index in [-0.39, 0.29) is 5.92 Å². The minimum Gasteiger partial charge on any atom is -0.452 e. The van der Waals surface area contributed by atoms with Crippen LogP contribution in [0.5, 0.6) is 0 Å². The van der Waals surface area contributed by atoms with Crippen molar-refractivity contribution >= 4 is 23.6 Å². The largest absolute Gasteiger partial charge is 0.452 e. The number of hydrogen-bond acceptors (Lipinski definition) is 3. The zero-order chi connectivity index (χ0) is 18.2. The summed E-state index contributed by atoms with van der Waals surface area (Å²) >= 11 is 0. The summed E-state index contributed by atoms with van der Waals surface area (Å²) in [6.45, 7) is 3.67. The molecular formula is C20H20FNO3. The number of esters is 1. The number of para-hydroxylation sites is 1. The Labute approximate surface area is 146 Å². The van der Waals surface area contributed by atoms with Crippen molar-refractivity contribution in [1.29, 1.82) is 0 Å². The van der Waals surface area contributed by atoms with Gasteiger partial charge < -0.3 is 10.1 Å². The van der Waals surface area contributed by atoms with Gasteiger partial charge in [-0.05, 0) is 41.3 Å². The number of rotatable bonds is 6. The van der Waals surface area contributed by atoms with Crippen molar-refractivity contribution in [3.8, 4) is 0 Å². The van der Waals surface area contributed by atoms with Gasteiger partial charge in [-0.2, -0.15) is 0 Å². The van der Waals surface area contributed by atoms with Crippen molar-refractivity contribution in [1.82, 2.24) is 0 Å². The third-order valence-electron chi connectivity index (χ3n) is 3.46. The third-order valence-corrected chi connectivity index (χ3v) is 3.46. The lowest BCUT2D eigenvalue weighted by Gasteiger charge is -2.13. The van der Waals surface area contributed by atoms with Crippen LogP contribution in [0.4, 0.5) is 10.1 Å². The molecule has 130 valence electrons. The average Bonchev–Trinajstić information content (AvgIpc) is 2.58. The predicted molar refractivity (Wildman–Crippen MR) is 95.6 cm³/mol. The lowest BCUT2D eigenvalue weighted by Crippen LogP contribution is -2.21. The molecule has 5 heteroatoms. The normalized spacial score (nSPS) is 10.9. The Morgan fingerprint density at radius 1 is 1.16 bits per heavy atom. The Morgan fingerprint density at radius 2 is 1.92 bits per heavy atom. The molecule has 1 N–H and O–H groups in total. The molecule has 25 heavy (non-hydrogen) atoms. The zero-order valence-electron chi connectivity index (χ0n) is 14.2. The summed E-state index contributed by atoms with van der Waals surface area (Å²) in [7, 11) is 0. The van der Waals surface area contributed by atoms with Crippen LogP contribution in [-0.2, 0) is 14.3 Å². The molecule has 0 fully saturated rings. The number of ether oxygens (including phenoxy) is 1. The van der Waals surface area contributed by atoms with Crippen LogP contribution >= 0.6 is 0 Å². The number of hydrogen-bond donors (Lipinski definition) is 1. The molecule has 0 spiro atoms. The minimum absolute atomic E-state index is 0.258. The van der Waals surface area contributed by atoms with Crippen LogP contribution in [0.3, 0.4) is 0 Å². The van der Waals surface area contributed by atoms with E-state index in [1.165, 1.54) is 18.2 Å². The molecule has 0 aliphatic carbocycles. The number of anilines is 1. The Hall–Kier alpha value is -2.95. The first-order valence-corrected chi connectivity index (χ1v) is 7.95. The van der Waals surface area contributed by atoms with E-state index in [2.05, 4.69) is 5.32 Å². The summed E-state index contributed by atoms with van der Waals surface area (Å²) in [6, 6.07) is 13.3. The van der Waals surface area contributed by atoms with Gasteiger partial charge in [0, 0.05) is 11.8 Å². The molecule has 0 aliphatic heterocycles. The van der Waals surface area contributed by atoms with Crippen molar-refractivity contribution in [2.75, 3.05) is 11.9 Å². The van der Waals surface area contributed by atoms with Gasteiger partial charge in [0.25, 0.3) is 5.91 Å². The highest BCUT2D eigenvalue weighted by atomic mass is 19.1. The molecule has 0 heterocycles. The maximum atomic E-state index is 13.0. The second-order valence-electron chi connectivity index (χ2n) is 5.79. The van der Waals surface area contributed by atoms with Gasteiger partial charge in [0.15, 0.2) is 6.61 Å². The standard InChI is InChI=1S/C20H20FNO3/c1-14(2)17-8-3-4-9-18(17)22-19(23)13-25-20(24)11-10-15-6-5-7-16(21)12-15/h3-12,14H,13H2,1-2H3,(H,22,23)/b11-10+. The Balaban J connectivity index is 1.87.